The molecule has 4 nitrogen and oxygen atoms in total. The third-order valence-electron chi connectivity index (χ3n) is 5.65. The molecule has 2 saturated heterocycles. The lowest BCUT2D eigenvalue weighted by molar-refractivity contribution is -0.151. The monoisotopic (exact) mass is 296 g/mol. The average Bonchev–Trinajstić information content (AvgIpc) is 3.16. The van der Waals surface area contributed by atoms with Crippen LogP contribution in [-0.2, 0) is 9.59 Å². The first-order chi connectivity index (χ1) is 9.98. The van der Waals surface area contributed by atoms with E-state index in [1.54, 1.807) is 4.90 Å². The lowest BCUT2D eigenvalue weighted by atomic mass is 9.77. The van der Waals surface area contributed by atoms with Crippen LogP contribution in [0.15, 0.2) is 0 Å². The molecule has 3 rings (SSSR count). The number of hydrogen-bond donors (Lipinski definition) is 0. The Hall–Kier alpha value is -1.13. The van der Waals surface area contributed by atoms with E-state index in [0.29, 0.717) is 32.4 Å². The summed E-state index contributed by atoms with van der Waals surface area (Å²) in [5.41, 5.74) is -1.86. The molecular weight excluding hydrogens is 271 g/mol. The molecule has 2 heterocycles. The first-order valence-electron chi connectivity index (χ1n) is 8.29. The fraction of sp³-hybridized carbons (Fsp3) is 0.875. The smallest absolute Gasteiger partial charge is 0.260 e. The fourth-order valence-electron chi connectivity index (χ4n) is 4.53. The van der Waals surface area contributed by atoms with Crippen molar-refractivity contribution >= 4 is 11.8 Å². The molecule has 1 spiro atoms. The molecule has 2 aliphatic heterocycles. The summed E-state index contributed by atoms with van der Waals surface area (Å²) in [7, 11) is 0. The lowest BCUT2D eigenvalue weighted by Crippen LogP contribution is -2.65. The summed E-state index contributed by atoms with van der Waals surface area (Å²) in [6.07, 6.45) is 4.68. The molecule has 0 aromatic heterocycles. The number of likely N-dealkylation sites (tertiary alicyclic amines) is 2. The number of piperidine rings is 1. The molecule has 118 valence electrons. The maximum absolute atomic E-state index is 14.2. The summed E-state index contributed by atoms with van der Waals surface area (Å²) in [5, 5.41) is 0. The summed E-state index contributed by atoms with van der Waals surface area (Å²) in [4.78, 5) is 28.4. The van der Waals surface area contributed by atoms with Crippen LogP contribution >= 0.6 is 0 Å². The van der Waals surface area contributed by atoms with Crippen LogP contribution in [0.3, 0.4) is 0 Å². The van der Waals surface area contributed by atoms with Crippen molar-refractivity contribution in [2.75, 3.05) is 13.1 Å². The van der Waals surface area contributed by atoms with E-state index < -0.39 is 5.67 Å². The Morgan fingerprint density at radius 3 is 2.57 bits per heavy atom. The summed E-state index contributed by atoms with van der Waals surface area (Å²) in [6, 6.07) is -0.0293. The van der Waals surface area contributed by atoms with Gasteiger partial charge in [0.15, 0.2) is 5.67 Å². The van der Waals surface area contributed by atoms with E-state index in [-0.39, 0.29) is 23.4 Å². The van der Waals surface area contributed by atoms with E-state index in [1.165, 1.54) is 0 Å². The molecule has 0 radical (unpaired) electrons. The standard InChI is InChI=1S/C16H25FN2O2/c1-3-12-16(8-6-13(20)19(16)4-2)7-5-11-18(12)14(21)15(17)9-10-15/h12H,3-11H2,1-2H3/t12-,16-/m0/s1. The van der Waals surface area contributed by atoms with Crippen molar-refractivity contribution in [2.45, 2.75) is 76.0 Å². The molecule has 0 unspecified atom stereocenters. The van der Waals surface area contributed by atoms with E-state index >= 15 is 0 Å². The largest absolute Gasteiger partial charge is 0.335 e. The summed E-state index contributed by atoms with van der Waals surface area (Å²) >= 11 is 0. The van der Waals surface area contributed by atoms with Crippen LogP contribution in [-0.4, -0.2) is 52.0 Å². The predicted molar refractivity (Wildman–Crippen MR) is 77.5 cm³/mol. The lowest BCUT2D eigenvalue weighted by Gasteiger charge is -2.52. The first-order valence-corrected chi connectivity index (χ1v) is 8.29. The van der Waals surface area contributed by atoms with E-state index in [4.69, 9.17) is 0 Å². The van der Waals surface area contributed by atoms with Crippen LogP contribution in [0.4, 0.5) is 4.39 Å². The molecular formula is C16H25FN2O2. The van der Waals surface area contributed by atoms with Gasteiger partial charge in [-0.15, -0.1) is 0 Å². The second-order valence-corrected chi connectivity index (χ2v) is 6.73. The number of carbonyl (C=O) groups excluding carboxylic acids is 2. The second-order valence-electron chi connectivity index (χ2n) is 6.73. The number of nitrogens with zero attached hydrogens (tertiary/aromatic N) is 2. The van der Waals surface area contributed by atoms with Gasteiger partial charge >= 0.3 is 0 Å². The normalized spacial score (nSPS) is 34.6. The van der Waals surface area contributed by atoms with Crippen LogP contribution in [0, 0.1) is 0 Å². The molecule has 5 heteroatoms. The summed E-state index contributed by atoms with van der Waals surface area (Å²) in [6.45, 7) is 5.36. The van der Waals surface area contributed by atoms with Gasteiger partial charge in [0.05, 0.1) is 11.6 Å². The third-order valence-corrected chi connectivity index (χ3v) is 5.65. The number of likely N-dealkylation sites (N-methyl/N-ethyl adjacent to an activating group) is 1. The van der Waals surface area contributed by atoms with E-state index in [2.05, 4.69) is 0 Å². The van der Waals surface area contributed by atoms with Gasteiger partial charge in [0, 0.05) is 19.5 Å². The predicted octanol–water partition coefficient (Wildman–Crippen LogP) is 2.27. The Morgan fingerprint density at radius 1 is 1.29 bits per heavy atom. The van der Waals surface area contributed by atoms with Gasteiger partial charge in [0.1, 0.15) is 0 Å². The first kappa shape index (κ1) is 14.8. The molecule has 1 aliphatic carbocycles. The van der Waals surface area contributed by atoms with Crippen LogP contribution in [0.2, 0.25) is 0 Å². The van der Waals surface area contributed by atoms with Gasteiger partial charge in [-0.3, -0.25) is 9.59 Å². The number of carbonyl (C=O) groups is 2. The van der Waals surface area contributed by atoms with Gasteiger partial charge in [-0.1, -0.05) is 6.92 Å². The van der Waals surface area contributed by atoms with Crippen LogP contribution in [0.25, 0.3) is 0 Å². The zero-order valence-corrected chi connectivity index (χ0v) is 13.0. The average molecular weight is 296 g/mol. The molecule has 0 N–H and O–H groups in total. The van der Waals surface area contributed by atoms with Crippen molar-refractivity contribution in [3.05, 3.63) is 0 Å². The highest BCUT2D eigenvalue weighted by atomic mass is 19.1. The quantitative estimate of drug-likeness (QED) is 0.801. The van der Waals surface area contributed by atoms with Crippen molar-refractivity contribution in [2.24, 2.45) is 0 Å². The van der Waals surface area contributed by atoms with Crippen molar-refractivity contribution in [3.8, 4) is 0 Å². The highest BCUT2D eigenvalue weighted by Gasteiger charge is 2.59. The minimum absolute atomic E-state index is 0.0293. The highest BCUT2D eigenvalue weighted by Crippen LogP contribution is 2.47. The van der Waals surface area contributed by atoms with Gasteiger partial charge in [-0.25, -0.2) is 4.39 Å². The Kier molecular flexibility index (Phi) is 3.49. The molecule has 3 aliphatic rings. The van der Waals surface area contributed by atoms with E-state index in [1.807, 2.05) is 18.7 Å². The molecule has 0 aromatic carbocycles. The Balaban J connectivity index is 1.91. The summed E-state index contributed by atoms with van der Waals surface area (Å²) in [5.74, 6) is -0.143. The maximum atomic E-state index is 14.2. The zero-order valence-electron chi connectivity index (χ0n) is 13.0. The topological polar surface area (TPSA) is 40.6 Å². The van der Waals surface area contributed by atoms with Crippen molar-refractivity contribution in [3.63, 3.8) is 0 Å². The second kappa shape index (κ2) is 4.96. The molecule has 2 atom stereocenters. The molecule has 3 fully saturated rings. The fourth-order valence-corrected chi connectivity index (χ4v) is 4.53. The SMILES string of the molecule is CC[C@@H]1N(C(=O)C2(F)CC2)CCC[C@]12CCC(=O)N2CC. The van der Waals surface area contributed by atoms with Gasteiger partial charge in [0.25, 0.3) is 5.91 Å². The number of alkyl halides is 1. The van der Waals surface area contributed by atoms with Gasteiger partial charge in [-0.05, 0) is 45.4 Å². The van der Waals surface area contributed by atoms with E-state index in [9.17, 15) is 14.0 Å². The summed E-state index contributed by atoms with van der Waals surface area (Å²) < 4.78 is 14.2. The van der Waals surface area contributed by atoms with Crippen LogP contribution in [0.5, 0.6) is 0 Å². The van der Waals surface area contributed by atoms with Crippen LogP contribution < -0.4 is 0 Å². The number of hydrogen-bond acceptors (Lipinski definition) is 2. The Bertz CT molecular complexity index is 463. The van der Waals surface area contributed by atoms with Crippen molar-refractivity contribution in [1.82, 2.24) is 9.80 Å². The maximum Gasteiger partial charge on any atom is 0.260 e. The van der Waals surface area contributed by atoms with Gasteiger partial charge in [0.2, 0.25) is 5.91 Å². The molecule has 1 saturated carbocycles. The van der Waals surface area contributed by atoms with Crippen LogP contribution in [0.1, 0.15) is 58.8 Å². The highest BCUT2D eigenvalue weighted by molar-refractivity contribution is 5.89. The molecule has 2 amide bonds. The zero-order chi connectivity index (χ0) is 15.3. The minimum Gasteiger partial charge on any atom is -0.335 e. The number of rotatable bonds is 3. The molecule has 21 heavy (non-hydrogen) atoms. The minimum atomic E-state index is -1.61. The van der Waals surface area contributed by atoms with Crippen molar-refractivity contribution in [1.29, 1.82) is 0 Å². The van der Waals surface area contributed by atoms with Crippen molar-refractivity contribution < 1.29 is 14.0 Å². The van der Waals surface area contributed by atoms with Gasteiger partial charge < -0.3 is 9.80 Å². The number of halogens is 1. The van der Waals surface area contributed by atoms with E-state index in [0.717, 1.165) is 25.7 Å². The number of amides is 2. The Morgan fingerprint density at radius 2 is 2.00 bits per heavy atom. The molecule has 0 bridgehead atoms. The molecule has 0 aromatic rings. The third kappa shape index (κ3) is 2.08. The Labute approximate surface area is 125 Å². The van der Waals surface area contributed by atoms with Gasteiger partial charge in [-0.2, -0.15) is 0 Å².